The maximum absolute atomic E-state index is 14.0. The number of carbonyl (C=O) groups excluding carboxylic acids is 4. The first-order valence-corrected chi connectivity index (χ1v) is 16.5. The van der Waals surface area contributed by atoms with Crippen LogP contribution >= 0.6 is 0 Å². The largest absolute Gasteiger partial charge is 0.481 e. The number of aliphatic carboxylic acids is 1. The summed E-state index contributed by atoms with van der Waals surface area (Å²) in [6, 6.07) is 7.05. The van der Waals surface area contributed by atoms with Crippen molar-refractivity contribution >= 4 is 41.0 Å². The van der Waals surface area contributed by atoms with Gasteiger partial charge in [0.05, 0.1) is 32.1 Å². The van der Waals surface area contributed by atoms with Crippen molar-refractivity contribution in [2.24, 2.45) is 0 Å². The van der Waals surface area contributed by atoms with E-state index in [-0.39, 0.29) is 49.2 Å². The number of carboxylic acid groups (broad SMARTS) is 1. The summed E-state index contributed by atoms with van der Waals surface area (Å²) in [5.74, 6) is -4.24. The van der Waals surface area contributed by atoms with Gasteiger partial charge in [-0.3, -0.25) is 47.9 Å². The Morgan fingerprint density at radius 2 is 1.64 bits per heavy atom. The highest BCUT2D eigenvalue weighted by Gasteiger charge is 2.29. The number of carbonyl (C=O) groups is 5. The molecular weight excluding hydrogens is 692 g/mol. The smallest absolute Gasteiger partial charge is 0.305 e. The maximum atomic E-state index is 14.0. The van der Waals surface area contributed by atoms with Gasteiger partial charge in [-0.15, -0.1) is 0 Å². The third-order valence-electron chi connectivity index (χ3n) is 8.06. The molecule has 53 heavy (non-hydrogen) atoms. The lowest BCUT2D eigenvalue weighted by Gasteiger charge is -2.24. The molecule has 19 heteroatoms. The predicted octanol–water partition coefficient (Wildman–Crippen LogP) is 0.147. The Morgan fingerprint density at radius 3 is 2.26 bits per heavy atom. The molecule has 2 unspecified atom stereocenters. The van der Waals surface area contributed by atoms with Crippen LogP contribution in [0, 0.1) is 6.92 Å². The van der Waals surface area contributed by atoms with Gasteiger partial charge in [0.2, 0.25) is 23.5 Å². The number of carboxylic acids is 1. The number of rotatable bonds is 19. The summed E-state index contributed by atoms with van der Waals surface area (Å²) >= 11 is 0. The molecule has 0 radical (unpaired) electrons. The van der Waals surface area contributed by atoms with Crippen molar-refractivity contribution in [2.45, 2.75) is 65.3 Å². The van der Waals surface area contributed by atoms with Crippen molar-refractivity contribution in [3.63, 3.8) is 0 Å². The molecule has 0 spiro atoms. The van der Waals surface area contributed by atoms with Crippen LogP contribution in [0.1, 0.15) is 49.7 Å². The molecule has 3 N–H and O–H groups in total. The zero-order valence-electron chi connectivity index (χ0n) is 29.6. The predicted molar refractivity (Wildman–Crippen MR) is 187 cm³/mol. The molecule has 2 atom stereocenters. The van der Waals surface area contributed by atoms with Gasteiger partial charge < -0.3 is 20.3 Å². The van der Waals surface area contributed by atoms with Gasteiger partial charge >= 0.3 is 5.97 Å². The molecule has 280 valence electrons. The highest BCUT2D eigenvalue weighted by atomic mass is 16.6. The van der Waals surface area contributed by atoms with E-state index in [1.54, 1.807) is 20.9 Å². The van der Waals surface area contributed by atoms with Crippen molar-refractivity contribution in [1.29, 1.82) is 0 Å². The van der Waals surface area contributed by atoms with Crippen LogP contribution in [0.3, 0.4) is 0 Å². The van der Waals surface area contributed by atoms with E-state index in [4.69, 9.17) is 4.63 Å². The number of likely N-dealkylation sites (N-methyl/N-ethyl adjacent to an activating group) is 1. The van der Waals surface area contributed by atoms with Crippen molar-refractivity contribution < 1.29 is 33.7 Å². The number of aromatic nitrogens is 6. The fourth-order valence-electron chi connectivity index (χ4n) is 5.35. The Hall–Kier alpha value is -6.37. The second-order valence-corrected chi connectivity index (χ2v) is 12.2. The van der Waals surface area contributed by atoms with Gasteiger partial charge in [-0.2, -0.15) is 0 Å². The number of aryl methyl sites for hydroxylation is 1. The zero-order valence-corrected chi connectivity index (χ0v) is 29.6. The van der Waals surface area contributed by atoms with E-state index in [1.807, 2.05) is 35.2 Å². The van der Waals surface area contributed by atoms with Crippen molar-refractivity contribution in [3.05, 3.63) is 92.8 Å². The number of anilines is 2. The quantitative estimate of drug-likeness (QED) is 0.116. The Balaban J connectivity index is 1.58. The van der Waals surface area contributed by atoms with Gasteiger partial charge in [0.15, 0.2) is 11.6 Å². The van der Waals surface area contributed by atoms with Gasteiger partial charge in [0.1, 0.15) is 24.0 Å². The summed E-state index contributed by atoms with van der Waals surface area (Å²) in [6.07, 6.45) is 4.36. The van der Waals surface area contributed by atoms with Crippen molar-refractivity contribution in [2.75, 3.05) is 25.0 Å². The van der Waals surface area contributed by atoms with Gasteiger partial charge in [-0.25, -0.2) is 14.6 Å². The lowest BCUT2D eigenvalue weighted by Crippen LogP contribution is -2.46. The van der Waals surface area contributed by atoms with Crippen LogP contribution in [-0.2, 0) is 43.6 Å². The molecule has 0 saturated carbocycles. The number of benzene rings is 1. The van der Waals surface area contributed by atoms with Crippen LogP contribution in [0.2, 0.25) is 0 Å². The number of hydrogen-bond acceptors (Lipinski definition) is 14. The molecule has 1 aromatic carbocycles. The van der Waals surface area contributed by atoms with Gasteiger partial charge in [-0.1, -0.05) is 47.6 Å². The number of nitrogens with one attached hydrogen (secondary N) is 2. The summed E-state index contributed by atoms with van der Waals surface area (Å²) in [4.78, 5) is 101. The highest BCUT2D eigenvalue weighted by Crippen LogP contribution is 2.20. The highest BCUT2D eigenvalue weighted by molar-refractivity contribution is 5.91. The third kappa shape index (κ3) is 10.6. The fourth-order valence-corrected chi connectivity index (χ4v) is 5.35. The first-order valence-electron chi connectivity index (χ1n) is 16.5. The molecule has 4 rings (SSSR count). The molecular formula is C34H40N10O9. The molecule has 0 fully saturated rings. The van der Waals surface area contributed by atoms with E-state index in [9.17, 15) is 38.7 Å². The number of Topliss-reactive ketones (excluding diaryl/α,β-unsaturated/α-hetero) is 2. The van der Waals surface area contributed by atoms with Crippen LogP contribution in [-0.4, -0.2) is 95.0 Å². The van der Waals surface area contributed by atoms with Crippen LogP contribution in [0.5, 0.6) is 0 Å². The molecule has 0 bridgehead atoms. The van der Waals surface area contributed by atoms with E-state index in [0.717, 1.165) is 26.5 Å². The molecule has 0 saturated heterocycles. The maximum Gasteiger partial charge on any atom is 0.305 e. The standard InChI is InChI=1S/C34H40N10O9/c1-5-27(32(50)38-25(22(3)45)15-29(48)49)43-14-12-36-31(34(43)52)44(19-26-21(2)39-53-40-26)30-33(51)42(13-11-35-30)20-28(47)37-16-24(46)18-41(4)17-23-9-7-6-8-10-23/h6-14,25,27H,5,15-20H2,1-4H3,(H,37,47)(H,38,50)(H,48,49). The number of nitrogens with zero attached hydrogens (tertiary/aromatic N) is 8. The zero-order chi connectivity index (χ0) is 38.7. The van der Waals surface area contributed by atoms with Crippen molar-refractivity contribution in [3.8, 4) is 0 Å². The minimum Gasteiger partial charge on any atom is -0.481 e. The first kappa shape index (κ1) is 39.4. The van der Waals surface area contributed by atoms with E-state index in [2.05, 4.69) is 30.9 Å². The Kier molecular flexibility index (Phi) is 13.5. The average molecular weight is 733 g/mol. The van der Waals surface area contributed by atoms with E-state index >= 15 is 0 Å². The third-order valence-corrected chi connectivity index (χ3v) is 8.06. The molecule has 19 nitrogen and oxygen atoms in total. The molecule has 3 aromatic heterocycles. The Bertz CT molecular complexity index is 2060. The SMILES string of the molecule is CCC(C(=O)NC(CC(=O)O)C(C)=O)n1ccnc(N(Cc2nonc2C)c2nccn(CC(=O)NCC(=O)CN(C)Cc3ccccc3)c2=O)c1=O. The fraction of sp³-hybridized carbons (Fsp3) is 0.382. The second-order valence-electron chi connectivity index (χ2n) is 12.2. The monoisotopic (exact) mass is 732 g/mol. The molecule has 0 aliphatic carbocycles. The van der Waals surface area contributed by atoms with Gasteiger partial charge in [0.25, 0.3) is 11.1 Å². The van der Waals surface area contributed by atoms with Crippen LogP contribution in [0.4, 0.5) is 11.6 Å². The van der Waals surface area contributed by atoms with Crippen LogP contribution in [0.25, 0.3) is 0 Å². The minimum atomic E-state index is -1.33. The first-order chi connectivity index (χ1) is 25.3. The molecule has 0 aliphatic heterocycles. The van der Waals surface area contributed by atoms with Crippen molar-refractivity contribution in [1.82, 2.24) is 44.9 Å². The summed E-state index contributed by atoms with van der Waals surface area (Å²) < 4.78 is 6.89. The molecule has 3 heterocycles. The summed E-state index contributed by atoms with van der Waals surface area (Å²) in [6.45, 7) is 3.91. The van der Waals surface area contributed by atoms with E-state index in [0.29, 0.717) is 12.2 Å². The van der Waals surface area contributed by atoms with E-state index < -0.39 is 59.7 Å². The Labute approximate surface area is 302 Å². The normalized spacial score (nSPS) is 12.2. The minimum absolute atomic E-state index is 0.0521. The topological polar surface area (TPSA) is 245 Å². The lowest BCUT2D eigenvalue weighted by molar-refractivity contribution is -0.140. The Morgan fingerprint density at radius 1 is 0.962 bits per heavy atom. The number of ketones is 2. The van der Waals surface area contributed by atoms with Crippen LogP contribution in [0.15, 0.2) is 69.3 Å². The summed E-state index contributed by atoms with van der Waals surface area (Å²) in [7, 11) is 1.78. The summed E-state index contributed by atoms with van der Waals surface area (Å²) in [5.41, 5.74) is -0.0638. The number of amides is 2. The van der Waals surface area contributed by atoms with E-state index in [1.165, 1.54) is 24.8 Å². The van der Waals surface area contributed by atoms with Gasteiger partial charge in [0, 0.05) is 31.3 Å². The molecule has 4 aromatic rings. The van der Waals surface area contributed by atoms with Crippen LogP contribution < -0.4 is 26.7 Å². The molecule has 0 aliphatic rings. The lowest BCUT2D eigenvalue weighted by atomic mass is 10.1. The number of hydrogen-bond donors (Lipinski definition) is 3. The van der Waals surface area contributed by atoms with Gasteiger partial charge in [-0.05, 0) is 32.9 Å². The molecule has 2 amide bonds. The second kappa shape index (κ2) is 18.2. The average Bonchev–Trinajstić information content (AvgIpc) is 3.52. The summed E-state index contributed by atoms with van der Waals surface area (Å²) in [5, 5.41) is 21.7.